The van der Waals surface area contributed by atoms with Crippen LogP contribution in [-0.4, -0.2) is 50.5 Å². The summed E-state index contributed by atoms with van der Waals surface area (Å²) in [7, 11) is -3.18. The van der Waals surface area contributed by atoms with Gasteiger partial charge >= 0.3 is 0 Å². The third-order valence-electron chi connectivity index (χ3n) is 6.20. The highest BCUT2D eigenvalue weighted by Crippen LogP contribution is 2.55. The molecule has 3 saturated heterocycles. The maximum Gasteiger partial charge on any atom is 0.211 e. The average Bonchev–Trinajstić information content (AvgIpc) is 3.19. The highest BCUT2D eigenvalue weighted by molar-refractivity contribution is 7.89. The van der Waals surface area contributed by atoms with Crippen molar-refractivity contribution >= 4 is 15.8 Å². The van der Waals surface area contributed by atoms with E-state index in [2.05, 4.69) is 28.7 Å². The summed E-state index contributed by atoms with van der Waals surface area (Å²) in [5, 5.41) is 0. The Bertz CT molecular complexity index is 777. The number of aryl methyl sites for hydroxylation is 2. The van der Waals surface area contributed by atoms with Crippen molar-refractivity contribution in [3.8, 4) is 0 Å². The van der Waals surface area contributed by atoms with Gasteiger partial charge in [0.1, 0.15) is 5.82 Å². The van der Waals surface area contributed by atoms with Gasteiger partial charge in [-0.3, -0.25) is 0 Å². The molecule has 1 aromatic rings. The second-order valence-electron chi connectivity index (χ2n) is 8.22. The van der Waals surface area contributed by atoms with E-state index in [-0.39, 0.29) is 23.4 Å². The maximum atomic E-state index is 12.1. The van der Waals surface area contributed by atoms with Gasteiger partial charge in [0, 0.05) is 37.2 Å². The predicted octanol–water partition coefficient (Wildman–Crippen LogP) is 2.01. The molecule has 6 nitrogen and oxygen atoms in total. The van der Waals surface area contributed by atoms with Gasteiger partial charge in [0.2, 0.25) is 10.0 Å². The first kappa shape index (κ1) is 18.2. The minimum absolute atomic E-state index is 0.120. The van der Waals surface area contributed by atoms with Gasteiger partial charge in [-0.15, -0.1) is 0 Å². The van der Waals surface area contributed by atoms with E-state index in [0.717, 1.165) is 37.4 Å². The molecular formula is C19H29N3O3S. The van der Waals surface area contributed by atoms with Crippen LogP contribution in [0.25, 0.3) is 0 Å². The van der Waals surface area contributed by atoms with Gasteiger partial charge in [-0.1, -0.05) is 6.92 Å². The number of sulfonamides is 1. The normalized spacial score (nSPS) is 33.0. The van der Waals surface area contributed by atoms with Crippen LogP contribution < -0.4 is 9.62 Å². The van der Waals surface area contributed by atoms with Crippen LogP contribution in [0.2, 0.25) is 0 Å². The second kappa shape index (κ2) is 6.46. The van der Waals surface area contributed by atoms with Crippen molar-refractivity contribution in [3.63, 3.8) is 0 Å². The molecule has 4 atom stereocenters. The van der Waals surface area contributed by atoms with Gasteiger partial charge in [-0.05, 0) is 50.8 Å². The lowest BCUT2D eigenvalue weighted by atomic mass is 9.74. The molecule has 0 unspecified atom stereocenters. The standard InChI is InChI=1S/C19H29N3O3S/c1-4-7-26(23,24)20-10-15-16-11-22(12-19(16)6-5-17(15)25-19)18-9-13(2)8-14(3)21-18/h8-9,15-17,20H,4-7,10-12H2,1-3H3/t15-,16+,17+,19+/m0/s1. The van der Waals surface area contributed by atoms with Crippen molar-refractivity contribution in [3.05, 3.63) is 23.4 Å². The number of aromatic nitrogens is 1. The number of hydrogen-bond acceptors (Lipinski definition) is 5. The van der Waals surface area contributed by atoms with Gasteiger partial charge in [-0.2, -0.15) is 0 Å². The molecule has 3 aliphatic rings. The van der Waals surface area contributed by atoms with Gasteiger partial charge in [0.25, 0.3) is 0 Å². The number of fused-ring (bicyclic) bond motifs is 1. The van der Waals surface area contributed by atoms with Crippen LogP contribution in [0.1, 0.15) is 37.4 Å². The van der Waals surface area contributed by atoms with E-state index in [0.29, 0.717) is 18.9 Å². The molecule has 1 aromatic heterocycles. The smallest absolute Gasteiger partial charge is 0.211 e. The molecule has 0 aliphatic carbocycles. The number of ether oxygens (including phenoxy) is 1. The fourth-order valence-electron chi connectivity index (χ4n) is 5.18. The Morgan fingerprint density at radius 1 is 1.38 bits per heavy atom. The van der Waals surface area contributed by atoms with Crippen LogP contribution >= 0.6 is 0 Å². The fourth-order valence-corrected chi connectivity index (χ4v) is 6.31. The molecule has 4 heterocycles. The van der Waals surface area contributed by atoms with Gasteiger partial charge in [0.05, 0.1) is 17.5 Å². The van der Waals surface area contributed by atoms with E-state index in [1.54, 1.807) is 0 Å². The van der Waals surface area contributed by atoms with Crippen LogP contribution in [0.3, 0.4) is 0 Å². The van der Waals surface area contributed by atoms with Gasteiger partial charge < -0.3 is 9.64 Å². The van der Waals surface area contributed by atoms with E-state index < -0.39 is 10.0 Å². The fraction of sp³-hybridized carbons (Fsp3) is 0.737. The van der Waals surface area contributed by atoms with Gasteiger partial charge in [-0.25, -0.2) is 18.1 Å². The Morgan fingerprint density at radius 3 is 2.92 bits per heavy atom. The Kier molecular flexibility index (Phi) is 4.52. The van der Waals surface area contributed by atoms with Crippen LogP contribution in [0.15, 0.2) is 12.1 Å². The molecule has 7 heteroatoms. The first-order valence-electron chi connectivity index (χ1n) is 9.67. The molecule has 0 radical (unpaired) electrons. The number of nitrogens with one attached hydrogen (secondary N) is 1. The summed E-state index contributed by atoms with van der Waals surface area (Å²) in [6.45, 7) is 8.27. The third kappa shape index (κ3) is 3.14. The van der Waals surface area contributed by atoms with Crippen LogP contribution in [-0.2, 0) is 14.8 Å². The van der Waals surface area contributed by atoms with Crippen molar-refractivity contribution in [2.24, 2.45) is 11.8 Å². The minimum atomic E-state index is -3.18. The van der Waals surface area contributed by atoms with Gasteiger partial charge in [0.15, 0.2) is 0 Å². The molecule has 3 fully saturated rings. The molecule has 0 amide bonds. The molecule has 26 heavy (non-hydrogen) atoms. The lowest BCUT2D eigenvalue weighted by molar-refractivity contribution is 0.0142. The Morgan fingerprint density at radius 2 is 2.19 bits per heavy atom. The summed E-state index contributed by atoms with van der Waals surface area (Å²) < 4.78 is 33.4. The highest BCUT2D eigenvalue weighted by Gasteiger charge is 2.63. The molecule has 4 rings (SSSR count). The quantitative estimate of drug-likeness (QED) is 0.819. The summed E-state index contributed by atoms with van der Waals surface area (Å²) in [4.78, 5) is 7.05. The summed E-state index contributed by atoms with van der Waals surface area (Å²) in [5.74, 6) is 1.84. The number of nitrogens with zero attached hydrogens (tertiary/aromatic N) is 2. The Labute approximate surface area is 156 Å². The largest absolute Gasteiger partial charge is 0.369 e. The van der Waals surface area contributed by atoms with E-state index in [4.69, 9.17) is 9.72 Å². The SMILES string of the molecule is CCCS(=O)(=O)NC[C@H]1[C@H]2CN(c3cc(C)cc(C)n3)C[C@]23CC[C@H]1O3. The van der Waals surface area contributed by atoms with Crippen LogP contribution in [0.4, 0.5) is 5.82 Å². The number of hydrogen-bond donors (Lipinski definition) is 1. The number of rotatable bonds is 6. The van der Waals surface area contributed by atoms with Crippen LogP contribution in [0, 0.1) is 25.7 Å². The van der Waals surface area contributed by atoms with E-state index in [9.17, 15) is 8.42 Å². The molecule has 2 bridgehead atoms. The van der Waals surface area contributed by atoms with Crippen molar-refractivity contribution in [2.75, 3.05) is 30.3 Å². The van der Waals surface area contributed by atoms with E-state index in [1.807, 2.05) is 13.8 Å². The molecule has 1 N–H and O–H groups in total. The molecule has 144 valence electrons. The number of anilines is 1. The predicted molar refractivity (Wildman–Crippen MR) is 102 cm³/mol. The molecular weight excluding hydrogens is 350 g/mol. The lowest BCUT2D eigenvalue weighted by Gasteiger charge is -2.29. The second-order valence-corrected chi connectivity index (χ2v) is 10.1. The van der Waals surface area contributed by atoms with E-state index >= 15 is 0 Å². The first-order chi connectivity index (χ1) is 12.3. The lowest BCUT2D eigenvalue weighted by Crippen LogP contribution is -2.42. The van der Waals surface area contributed by atoms with Crippen LogP contribution in [0.5, 0.6) is 0 Å². The number of pyridine rings is 1. The zero-order valence-corrected chi connectivity index (χ0v) is 16.7. The monoisotopic (exact) mass is 379 g/mol. The van der Waals surface area contributed by atoms with Crippen molar-refractivity contribution in [2.45, 2.75) is 51.7 Å². The summed E-state index contributed by atoms with van der Waals surface area (Å²) in [6.07, 6.45) is 2.94. The summed E-state index contributed by atoms with van der Waals surface area (Å²) in [5.41, 5.74) is 2.13. The van der Waals surface area contributed by atoms with Crippen molar-refractivity contribution < 1.29 is 13.2 Å². The molecule has 3 aliphatic heterocycles. The van der Waals surface area contributed by atoms with E-state index in [1.165, 1.54) is 5.56 Å². The summed E-state index contributed by atoms with van der Waals surface area (Å²) >= 11 is 0. The van der Waals surface area contributed by atoms with Crippen molar-refractivity contribution in [1.29, 1.82) is 0 Å². The molecule has 1 spiro atoms. The zero-order chi connectivity index (χ0) is 18.5. The topological polar surface area (TPSA) is 71.5 Å². The zero-order valence-electron chi connectivity index (χ0n) is 15.9. The highest BCUT2D eigenvalue weighted by atomic mass is 32.2. The average molecular weight is 380 g/mol. The maximum absolute atomic E-state index is 12.1. The Hall–Kier alpha value is -1.18. The first-order valence-corrected chi connectivity index (χ1v) is 11.3. The summed E-state index contributed by atoms with van der Waals surface area (Å²) in [6, 6.07) is 4.22. The molecule has 0 saturated carbocycles. The third-order valence-corrected chi connectivity index (χ3v) is 7.76. The Balaban J connectivity index is 1.51. The minimum Gasteiger partial charge on any atom is -0.369 e. The molecule has 0 aromatic carbocycles. The van der Waals surface area contributed by atoms with Crippen molar-refractivity contribution in [1.82, 2.24) is 9.71 Å².